The van der Waals surface area contributed by atoms with Gasteiger partial charge < -0.3 is 9.47 Å². The molecule has 0 aliphatic heterocycles. The third-order valence-corrected chi connectivity index (χ3v) is 5.29. The van der Waals surface area contributed by atoms with E-state index < -0.39 is 0 Å². The number of hydrogen-bond donors (Lipinski definition) is 0. The molecule has 0 saturated carbocycles. The molecule has 1 aromatic rings. The molecule has 0 N–H and O–H groups in total. The summed E-state index contributed by atoms with van der Waals surface area (Å²) in [4.78, 5) is 0. The fraction of sp³-hybridized carbons (Fsp3) is 0.786. The summed E-state index contributed by atoms with van der Waals surface area (Å²) in [5, 5.41) is 0. The molecule has 2 heteroatoms. The van der Waals surface area contributed by atoms with Gasteiger partial charge in [-0.3, -0.25) is 0 Å². The van der Waals surface area contributed by atoms with Gasteiger partial charge in [-0.1, -0.05) is 101 Å². The van der Waals surface area contributed by atoms with Crippen LogP contribution in [0.15, 0.2) is 24.3 Å². The number of rotatable bonds is 13. The molecule has 0 heterocycles. The zero-order valence-corrected chi connectivity index (χ0v) is 22.3. The summed E-state index contributed by atoms with van der Waals surface area (Å²) in [6, 6.07) is 8.64. The average Bonchev–Trinajstić information content (AvgIpc) is 2.74. The highest BCUT2D eigenvalue weighted by Gasteiger charge is 2.17. The molecule has 0 bridgehead atoms. The van der Waals surface area contributed by atoms with Crippen LogP contribution in [0.2, 0.25) is 0 Å². The topological polar surface area (TPSA) is 18.5 Å². The van der Waals surface area contributed by atoms with Gasteiger partial charge >= 0.3 is 0 Å². The zero-order valence-electron chi connectivity index (χ0n) is 22.3. The first-order chi connectivity index (χ1) is 14.4. The van der Waals surface area contributed by atoms with Gasteiger partial charge in [-0.05, 0) is 61.1 Å². The van der Waals surface area contributed by atoms with E-state index in [-0.39, 0.29) is 6.29 Å². The minimum Gasteiger partial charge on any atom is -0.465 e. The number of ether oxygens (including phenoxy) is 2. The summed E-state index contributed by atoms with van der Waals surface area (Å²) < 4.78 is 11.8. The smallest absolute Gasteiger partial charge is 0.196 e. The van der Waals surface area contributed by atoms with Gasteiger partial charge in [0, 0.05) is 0 Å². The molecule has 0 aromatic heterocycles. The van der Waals surface area contributed by atoms with Crippen LogP contribution < -0.4 is 4.74 Å². The molecule has 3 atom stereocenters. The molecule has 0 aliphatic rings. The standard InChI is InChI=1S/C24H42O2.2C2H6/c1-8-10-21(9-2)15-16-25-20(7)26-23-13-11-22(12-14-23)24(19(5)6)17-18(3)4;2*1-2/h11-14,18-21,24H,8-10,15-17H2,1-7H3;2*1-2H3. The summed E-state index contributed by atoms with van der Waals surface area (Å²) in [5.74, 6) is 3.66. The molecule has 3 unspecified atom stereocenters. The third kappa shape index (κ3) is 14.1. The highest BCUT2D eigenvalue weighted by atomic mass is 16.7. The Labute approximate surface area is 190 Å². The summed E-state index contributed by atoms with van der Waals surface area (Å²) in [6.45, 7) is 24.5. The maximum Gasteiger partial charge on any atom is 0.196 e. The van der Waals surface area contributed by atoms with Crippen molar-refractivity contribution < 1.29 is 9.47 Å². The van der Waals surface area contributed by atoms with E-state index in [0.29, 0.717) is 17.8 Å². The Kier molecular flexibility index (Phi) is 20.7. The minimum absolute atomic E-state index is 0.198. The van der Waals surface area contributed by atoms with Gasteiger partial charge in [-0.25, -0.2) is 0 Å². The zero-order chi connectivity index (χ0) is 23.5. The second-order valence-corrected chi connectivity index (χ2v) is 8.46. The van der Waals surface area contributed by atoms with Gasteiger partial charge in [-0.2, -0.15) is 0 Å². The van der Waals surface area contributed by atoms with Crippen molar-refractivity contribution in [2.75, 3.05) is 6.61 Å². The van der Waals surface area contributed by atoms with Crippen LogP contribution in [0.5, 0.6) is 5.75 Å². The van der Waals surface area contributed by atoms with Crippen LogP contribution in [-0.2, 0) is 4.74 Å². The highest BCUT2D eigenvalue weighted by molar-refractivity contribution is 5.29. The summed E-state index contributed by atoms with van der Waals surface area (Å²) in [7, 11) is 0. The summed E-state index contributed by atoms with van der Waals surface area (Å²) in [6.07, 6.45) is 5.95. The van der Waals surface area contributed by atoms with Crippen LogP contribution >= 0.6 is 0 Å². The van der Waals surface area contributed by atoms with Crippen molar-refractivity contribution in [2.45, 2.75) is 120 Å². The Morgan fingerprint density at radius 2 is 1.37 bits per heavy atom. The monoisotopic (exact) mass is 422 g/mol. The fourth-order valence-electron chi connectivity index (χ4n) is 3.68. The summed E-state index contributed by atoms with van der Waals surface area (Å²) in [5.41, 5.74) is 1.42. The maximum absolute atomic E-state index is 5.94. The molecule has 0 amide bonds. The lowest BCUT2D eigenvalue weighted by atomic mass is 9.82. The predicted octanol–water partition coefficient (Wildman–Crippen LogP) is 9.48. The molecule has 0 radical (unpaired) electrons. The number of hydrogen-bond acceptors (Lipinski definition) is 2. The van der Waals surface area contributed by atoms with Gasteiger partial charge in [-0.15, -0.1) is 0 Å². The molecular weight excluding hydrogens is 368 g/mol. The molecule has 30 heavy (non-hydrogen) atoms. The van der Waals surface area contributed by atoms with E-state index in [4.69, 9.17) is 9.47 Å². The second kappa shape index (κ2) is 19.9. The van der Waals surface area contributed by atoms with Crippen LogP contribution in [0.25, 0.3) is 0 Å². The van der Waals surface area contributed by atoms with Crippen molar-refractivity contribution in [2.24, 2.45) is 17.8 Å². The largest absolute Gasteiger partial charge is 0.465 e. The lowest BCUT2D eigenvalue weighted by Crippen LogP contribution is -2.18. The maximum atomic E-state index is 5.94. The molecule has 0 aliphatic carbocycles. The van der Waals surface area contributed by atoms with E-state index in [1.165, 1.54) is 31.2 Å². The van der Waals surface area contributed by atoms with E-state index in [0.717, 1.165) is 24.7 Å². The van der Waals surface area contributed by atoms with E-state index in [9.17, 15) is 0 Å². The molecule has 0 fully saturated rings. The Hall–Kier alpha value is -1.02. The highest BCUT2D eigenvalue weighted by Crippen LogP contribution is 2.32. The van der Waals surface area contributed by atoms with E-state index in [2.05, 4.69) is 65.8 Å². The molecule has 1 aromatic carbocycles. The van der Waals surface area contributed by atoms with Crippen molar-refractivity contribution in [3.05, 3.63) is 29.8 Å². The predicted molar refractivity (Wildman–Crippen MR) is 136 cm³/mol. The van der Waals surface area contributed by atoms with Crippen molar-refractivity contribution in [1.29, 1.82) is 0 Å². The van der Waals surface area contributed by atoms with Crippen LogP contribution in [-0.4, -0.2) is 12.9 Å². The Balaban J connectivity index is 0. The first kappa shape index (κ1) is 31.2. The third-order valence-electron chi connectivity index (χ3n) is 5.29. The van der Waals surface area contributed by atoms with Crippen molar-refractivity contribution in [1.82, 2.24) is 0 Å². The van der Waals surface area contributed by atoms with Gasteiger partial charge in [0.1, 0.15) is 5.75 Å². The first-order valence-electron chi connectivity index (χ1n) is 12.7. The van der Waals surface area contributed by atoms with Gasteiger partial charge in [0.2, 0.25) is 0 Å². The molecule has 0 saturated heterocycles. The Bertz CT molecular complexity index is 464. The second-order valence-electron chi connectivity index (χ2n) is 8.46. The Morgan fingerprint density at radius 1 is 0.800 bits per heavy atom. The van der Waals surface area contributed by atoms with E-state index >= 15 is 0 Å². The van der Waals surface area contributed by atoms with Crippen molar-refractivity contribution in [3.63, 3.8) is 0 Å². The normalized spacial score (nSPS) is 13.6. The van der Waals surface area contributed by atoms with Gasteiger partial charge in [0.05, 0.1) is 6.61 Å². The molecule has 178 valence electrons. The average molecular weight is 423 g/mol. The molecule has 0 spiro atoms. The molecular formula is C28H54O2. The van der Waals surface area contributed by atoms with Crippen LogP contribution in [0.1, 0.15) is 120 Å². The van der Waals surface area contributed by atoms with Crippen LogP contribution in [0.4, 0.5) is 0 Å². The van der Waals surface area contributed by atoms with Crippen LogP contribution in [0, 0.1) is 17.8 Å². The molecule has 1 rings (SSSR count). The van der Waals surface area contributed by atoms with Crippen molar-refractivity contribution in [3.8, 4) is 5.75 Å². The first-order valence-corrected chi connectivity index (χ1v) is 12.7. The van der Waals surface area contributed by atoms with E-state index in [1.807, 2.05) is 34.6 Å². The minimum atomic E-state index is -0.198. The van der Waals surface area contributed by atoms with Crippen LogP contribution in [0.3, 0.4) is 0 Å². The fourth-order valence-corrected chi connectivity index (χ4v) is 3.68. The Morgan fingerprint density at radius 3 is 1.80 bits per heavy atom. The number of benzene rings is 1. The summed E-state index contributed by atoms with van der Waals surface area (Å²) >= 11 is 0. The van der Waals surface area contributed by atoms with E-state index in [1.54, 1.807) is 0 Å². The van der Waals surface area contributed by atoms with Gasteiger partial charge in [0.25, 0.3) is 0 Å². The molecule has 2 nitrogen and oxygen atoms in total. The SMILES string of the molecule is CC.CC.CCCC(CC)CCOC(C)Oc1ccc(C(CC(C)C)C(C)C)cc1. The lowest BCUT2D eigenvalue weighted by Gasteiger charge is -2.24. The quantitative estimate of drug-likeness (QED) is 0.295. The lowest BCUT2D eigenvalue weighted by molar-refractivity contribution is -0.0706. The van der Waals surface area contributed by atoms with Gasteiger partial charge in [0.15, 0.2) is 6.29 Å². The van der Waals surface area contributed by atoms with Crippen molar-refractivity contribution >= 4 is 0 Å².